The Morgan fingerprint density at radius 1 is 1.37 bits per heavy atom. The number of carbonyl (C=O) groups excluding carboxylic acids is 1. The summed E-state index contributed by atoms with van der Waals surface area (Å²) in [6, 6.07) is 10.3. The molecular formula is C16H23NO2. The lowest BCUT2D eigenvalue weighted by Gasteiger charge is -2.34. The van der Waals surface area contributed by atoms with E-state index < -0.39 is 0 Å². The Morgan fingerprint density at radius 3 is 2.79 bits per heavy atom. The van der Waals surface area contributed by atoms with Gasteiger partial charge in [-0.05, 0) is 30.7 Å². The summed E-state index contributed by atoms with van der Waals surface area (Å²) in [7, 11) is 0. The molecule has 0 aliphatic carbocycles. The lowest BCUT2D eigenvalue weighted by atomic mass is 9.96. The number of likely N-dealkylation sites (tertiary alicyclic amines) is 1. The zero-order chi connectivity index (χ0) is 13.7. The molecule has 1 aromatic rings. The van der Waals surface area contributed by atoms with Crippen molar-refractivity contribution in [1.82, 2.24) is 4.90 Å². The summed E-state index contributed by atoms with van der Waals surface area (Å²) in [5, 5.41) is 9.66. The van der Waals surface area contributed by atoms with Crippen LogP contribution >= 0.6 is 0 Å². The molecule has 0 radical (unpaired) electrons. The molecule has 2 atom stereocenters. The highest BCUT2D eigenvalue weighted by molar-refractivity contribution is 5.76. The van der Waals surface area contributed by atoms with Crippen LogP contribution in [-0.2, 0) is 11.2 Å². The minimum atomic E-state index is -0.242. The number of aliphatic hydroxyl groups excluding tert-OH is 1. The molecule has 1 aliphatic rings. The molecule has 2 rings (SSSR count). The number of amides is 1. The fourth-order valence-corrected chi connectivity index (χ4v) is 2.61. The van der Waals surface area contributed by atoms with Gasteiger partial charge in [0.05, 0.1) is 6.10 Å². The monoisotopic (exact) mass is 261 g/mol. The number of hydrogen-bond donors (Lipinski definition) is 1. The van der Waals surface area contributed by atoms with Crippen molar-refractivity contribution in [1.29, 1.82) is 0 Å². The highest BCUT2D eigenvalue weighted by Gasteiger charge is 2.26. The van der Waals surface area contributed by atoms with E-state index in [4.69, 9.17) is 0 Å². The Bertz CT molecular complexity index is 404. The minimum Gasteiger partial charge on any atom is -0.393 e. The third-order valence-electron chi connectivity index (χ3n) is 3.91. The molecule has 1 aliphatic heterocycles. The molecular weight excluding hydrogens is 238 g/mol. The van der Waals surface area contributed by atoms with E-state index >= 15 is 0 Å². The van der Waals surface area contributed by atoms with Gasteiger partial charge in [-0.25, -0.2) is 0 Å². The Balaban J connectivity index is 1.73. The van der Waals surface area contributed by atoms with Crippen LogP contribution in [0.1, 0.15) is 31.7 Å². The van der Waals surface area contributed by atoms with Crippen molar-refractivity contribution < 1.29 is 9.90 Å². The van der Waals surface area contributed by atoms with E-state index in [0.717, 1.165) is 12.8 Å². The van der Waals surface area contributed by atoms with E-state index in [1.54, 1.807) is 0 Å². The first-order chi connectivity index (χ1) is 9.16. The van der Waals surface area contributed by atoms with Gasteiger partial charge in [-0.3, -0.25) is 4.79 Å². The van der Waals surface area contributed by atoms with Gasteiger partial charge >= 0.3 is 0 Å². The minimum absolute atomic E-state index is 0.201. The van der Waals surface area contributed by atoms with Crippen molar-refractivity contribution in [2.75, 3.05) is 13.1 Å². The summed E-state index contributed by atoms with van der Waals surface area (Å²) in [5.41, 5.74) is 1.29. The van der Waals surface area contributed by atoms with E-state index in [1.165, 1.54) is 5.56 Å². The summed E-state index contributed by atoms with van der Waals surface area (Å²) >= 11 is 0. The van der Waals surface area contributed by atoms with Gasteiger partial charge in [0.1, 0.15) is 0 Å². The molecule has 0 saturated carbocycles. The van der Waals surface area contributed by atoms with Crippen LogP contribution in [0.15, 0.2) is 30.3 Å². The molecule has 0 bridgehead atoms. The molecule has 1 saturated heterocycles. The maximum atomic E-state index is 12.1. The van der Waals surface area contributed by atoms with Crippen LogP contribution in [0.3, 0.4) is 0 Å². The van der Waals surface area contributed by atoms with Crippen LogP contribution in [0.25, 0.3) is 0 Å². The topological polar surface area (TPSA) is 40.5 Å². The van der Waals surface area contributed by atoms with Gasteiger partial charge in [-0.15, -0.1) is 0 Å². The molecule has 2 unspecified atom stereocenters. The van der Waals surface area contributed by atoms with Crippen molar-refractivity contribution in [3.05, 3.63) is 35.9 Å². The van der Waals surface area contributed by atoms with Crippen LogP contribution in [-0.4, -0.2) is 35.1 Å². The standard InChI is InChI=1S/C16H23NO2/c1-13-12-17(11-10-15(13)18)16(19)9-5-8-14-6-3-2-4-7-14/h2-4,6-7,13,15,18H,5,8-12H2,1H3. The number of aliphatic hydroxyl groups is 1. The Hall–Kier alpha value is -1.35. The first kappa shape index (κ1) is 14.1. The highest BCUT2D eigenvalue weighted by Crippen LogP contribution is 2.17. The van der Waals surface area contributed by atoms with Gasteiger partial charge in [0.15, 0.2) is 0 Å². The lowest BCUT2D eigenvalue weighted by Crippen LogP contribution is -2.44. The number of carbonyl (C=O) groups is 1. The summed E-state index contributed by atoms with van der Waals surface area (Å²) in [6.45, 7) is 3.41. The molecule has 0 spiro atoms. The van der Waals surface area contributed by atoms with Gasteiger partial charge in [-0.1, -0.05) is 37.3 Å². The Kier molecular flexibility index (Phi) is 4.97. The second-order valence-electron chi connectivity index (χ2n) is 5.51. The number of piperidine rings is 1. The van der Waals surface area contributed by atoms with Crippen molar-refractivity contribution in [3.8, 4) is 0 Å². The van der Waals surface area contributed by atoms with Crippen molar-refractivity contribution in [2.24, 2.45) is 5.92 Å². The third kappa shape index (κ3) is 4.06. The van der Waals surface area contributed by atoms with E-state index in [0.29, 0.717) is 25.9 Å². The largest absolute Gasteiger partial charge is 0.393 e. The second-order valence-corrected chi connectivity index (χ2v) is 5.51. The number of rotatable bonds is 4. The Morgan fingerprint density at radius 2 is 2.11 bits per heavy atom. The first-order valence-electron chi connectivity index (χ1n) is 7.16. The van der Waals surface area contributed by atoms with Gasteiger partial charge in [0, 0.05) is 19.5 Å². The van der Waals surface area contributed by atoms with Crippen molar-refractivity contribution >= 4 is 5.91 Å². The highest BCUT2D eigenvalue weighted by atomic mass is 16.3. The molecule has 1 heterocycles. The van der Waals surface area contributed by atoms with E-state index in [1.807, 2.05) is 30.0 Å². The summed E-state index contributed by atoms with van der Waals surface area (Å²) < 4.78 is 0. The maximum Gasteiger partial charge on any atom is 0.222 e. The van der Waals surface area contributed by atoms with Crippen LogP contribution < -0.4 is 0 Å². The fraction of sp³-hybridized carbons (Fsp3) is 0.562. The average Bonchev–Trinajstić information content (AvgIpc) is 2.43. The SMILES string of the molecule is CC1CN(C(=O)CCCc2ccccc2)CCC1O. The zero-order valence-electron chi connectivity index (χ0n) is 11.6. The van der Waals surface area contributed by atoms with Crippen molar-refractivity contribution in [3.63, 3.8) is 0 Å². The predicted octanol–water partition coefficient (Wildman–Crippen LogP) is 2.24. The maximum absolute atomic E-state index is 12.1. The molecule has 3 heteroatoms. The summed E-state index contributed by atoms with van der Waals surface area (Å²) in [4.78, 5) is 14.0. The summed E-state index contributed by atoms with van der Waals surface area (Å²) in [6.07, 6.45) is 2.94. The van der Waals surface area contributed by atoms with Crippen LogP contribution in [0.4, 0.5) is 0 Å². The van der Waals surface area contributed by atoms with E-state index in [2.05, 4.69) is 12.1 Å². The third-order valence-corrected chi connectivity index (χ3v) is 3.91. The van der Waals surface area contributed by atoms with Crippen LogP contribution in [0.2, 0.25) is 0 Å². The molecule has 104 valence electrons. The normalized spacial score (nSPS) is 23.4. The van der Waals surface area contributed by atoms with Crippen LogP contribution in [0, 0.1) is 5.92 Å². The molecule has 1 amide bonds. The lowest BCUT2D eigenvalue weighted by molar-refractivity contribution is -0.134. The summed E-state index contributed by atoms with van der Waals surface area (Å²) in [5.74, 6) is 0.432. The van der Waals surface area contributed by atoms with E-state index in [9.17, 15) is 9.90 Å². The number of nitrogens with zero attached hydrogens (tertiary/aromatic N) is 1. The van der Waals surface area contributed by atoms with Crippen LogP contribution in [0.5, 0.6) is 0 Å². The number of benzene rings is 1. The molecule has 19 heavy (non-hydrogen) atoms. The second kappa shape index (κ2) is 6.71. The fourth-order valence-electron chi connectivity index (χ4n) is 2.61. The molecule has 1 fully saturated rings. The number of hydrogen-bond acceptors (Lipinski definition) is 2. The zero-order valence-corrected chi connectivity index (χ0v) is 11.6. The average molecular weight is 261 g/mol. The molecule has 0 aromatic heterocycles. The number of aryl methyl sites for hydroxylation is 1. The molecule has 1 aromatic carbocycles. The first-order valence-corrected chi connectivity index (χ1v) is 7.16. The predicted molar refractivity (Wildman–Crippen MR) is 75.7 cm³/mol. The van der Waals surface area contributed by atoms with Gasteiger partial charge < -0.3 is 10.0 Å². The Labute approximate surface area is 115 Å². The quantitative estimate of drug-likeness (QED) is 0.903. The van der Waals surface area contributed by atoms with E-state index in [-0.39, 0.29) is 17.9 Å². The molecule has 1 N–H and O–H groups in total. The smallest absolute Gasteiger partial charge is 0.222 e. The van der Waals surface area contributed by atoms with Gasteiger partial charge in [0.2, 0.25) is 5.91 Å². The molecule has 3 nitrogen and oxygen atoms in total. The van der Waals surface area contributed by atoms with Gasteiger partial charge in [0.25, 0.3) is 0 Å². The van der Waals surface area contributed by atoms with Crippen molar-refractivity contribution in [2.45, 2.75) is 38.7 Å². The van der Waals surface area contributed by atoms with Gasteiger partial charge in [-0.2, -0.15) is 0 Å².